The van der Waals surface area contributed by atoms with Crippen molar-refractivity contribution in [3.8, 4) is 0 Å². The Bertz CT molecular complexity index is 1090. The van der Waals surface area contributed by atoms with Gasteiger partial charge in [-0.25, -0.2) is 0 Å². The molecule has 0 fully saturated rings. The molecule has 1 aromatic heterocycles. The summed E-state index contributed by atoms with van der Waals surface area (Å²) in [6.07, 6.45) is -4.35. The minimum absolute atomic E-state index is 0.0766. The van der Waals surface area contributed by atoms with Crippen molar-refractivity contribution in [3.05, 3.63) is 80.3 Å². The van der Waals surface area contributed by atoms with Gasteiger partial charge in [-0.1, -0.05) is 41.7 Å². The molecule has 0 N–H and O–H groups in total. The lowest BCUT2D eigenvalue weighted by molar-refractivity contribution is -0.137. The molecule has 0 aliphatic carbocycles. The summed E-state index contributed by atoms with van der Waals surface area (Å²) in [5.74, 6) is -0.192. The highest BCUT2D eigenvalue weighted by Gasteiger charge is 2.38. The van der Waals surface area contributed by atoms with Gasteiger partial charge in [0.2, 0.25) is 5.91 Å². The Morgan fingerprint density at radius 1 is 1.00 bits per heavy atom. The maximum Gasteiger partial charge on any atom is 0.416 e. The van der Waals surface area contributed by atoms with Gasteiger partial charge in [-0.15, -0.1) is 0 Å². The molecular formula is C20H15F3N2O2S. The molecule has 1 aliphatic heterocycles. The largest absolute Gasteiger partial charge is 0.416 e. The third-order valence-electron chi connectivity index (χ3n) is 4.82. The number of hydrogen-bond donors (Lipinski definition) is 0. The van der Waals surface area contributed by atoms with Gasteiger partial charge in [0, 0.05) is 19.4 Å². The van der Waals surface area contributed by atoms with E-state index in [0.29, 0.717) is 21.9 Å². The van der Waals surface area contributed by atoms with Crippen LogP contribution in [-0.2, 0) is 18.0 Å². The van der Waals surface area contributed by atoms with Crippen molar-refractivity contribution >= 4 is 28.7 Å². The second-order valence-corrected chi connectivity index (χ2v) is 7.55. The predicted molar refractivity (Wildman–Crippen MR) is 101 cm³/mol. The van der Waals surface area contributed by atoms with Gasteiger partial charge in [0.05, 0.1) is 16.1 Å². The van der Waals surface area contributed by atoms with E-state index in [1.165, 1.54) is 21.6 Å². The summed E-state index contributed by atoms with van der Waals surface area (Å²) >= 11 is 1.02. The minimum atomic E-state index is -4.42. The standard InChI is InChI=1S/C20H15F3N2O2S/c1-24-18-17(28-19(24)27)15(12-7-9-13(10-8-12)20(21,22)23)11-16(26)25(18)14-5-3-2-4-6-14/h2-10,15H,11H2,1H3. The first-order chi connectivity index (χ1) is 13.3. The molecule has 0 spiro atoms. The van der Waals surface area contributed by atoms with Gasteiger partial charge in [-0.2, -0.15) is 13.2 Å². The quantitative estimate of drug-likeness (QED) is 0.623. The third kappa shape index (κ3) is 3.03. The number of carbonyl (C=O) groups excluding carboxylic acids is 1. The van der Waals surface area contributed by atoms with Crippen LogP contribution in [-0.4, -0.2) is 10.5 Å². The molecule has 0 saturated carbocycles. The van der Waals surface area contributed by atoms with Crippen LogP contribution in [0.15, 0.2) is 59.4 Å². The fourth-order valence-electron chi connectivity index (χ4n) is 3.44. The second kappa shape index (κ2) is 6.63. The van der Waals surface area contributed by atoms with Crippen molar-refractivity contribution in [2.45, 2.75) is 18.5 Å². The SMILES string of the molecule is Cn1c2c(sc1=O)C(c1ccc(C(F)(F)F)cc1)CC(=O)N2c1ccccc1. The Hall–Kier alpha value is -2.87. The summed E-state index contributed by atoms with van der Waals surface area (Å²) in [5, 5.41) is 0. The van der Waals surface area contributed by atoms with E-state index < -0.39 is 17.7 Å². The highest BCUT2D eigenvalue weighted by molar-refractivity contribution is 7.10. The lowest BCUT2D eigenvalue weighted by Gasteiger charge is -2.32. The summed E-state index contributed by atoms with van der Waals surface area (Å²) in [5.41, 5.74) is 0.482. The number of alkyl halides is 3. The van der Waals surface area contributed by atoms with Gasteiger partial charge < -0.3 is 0 Å². The molecule has 144 valence electrons. The van der Waals surface area contributed by atoms with Crippen LogP contribution >= 0.6 is 11.3 Å². The topological polar surface area (TPSA) is 42.3 Å². The zero-order chi connectivity index (χ0) is 20.1. The van der Waals surface area contributed by atoms with Crippen LogP contribution < -0.4 is 9.77 Å². The van der Waals surface area contributed by atoms with Crippen LogP contribution in [0.5, 0.6) is 0 Å². The van der Waals surface area contributed by atoms with Crippen molar-refractivity contribution in [3.63, 3.8) is 0 Å². The number of halogens is 3. The molecule has 1 atom stereocenters. The van der Waals surface area contributed by atoms with Crippen LogP contribution in [0.1, 0.15) is 28.3 Å². The van der Waals surface area contributed by atoms with E-state index in [0.717, 1.165) is 23.5 Å². The maximum atomic E-state index is 13.0. The molecule has 28 heavy (non-hydrogen) atoms. The number of benzene rings is 2. The first-order valence-corrected chi connectivity index (χ1v) is 9.34. The Morgan fingerprint density at radius 2 is 1.64 bits per heavy atom. The molecule has 1 unspecified atom stereocenters. The van der Waals surface area contributed by atoms with Crippen LogP contribution in [0.3, 0.4) is 0 Å². The number of hydrogen-bond acceptors (Lipinski definition) is 3. The van der Waals surface area contributed by atoms with E-state index in [1.54, 1.807) is 31.3 Å². The number of anilines is 2. The van der Waals surface area contributed by atoms with E-state index in [4.69, 9.17) is 0 Å². The van der Waals surface area contributed by atoms with Gasteiger partial charge in [0.1, 0.15) is 5.82 Å². The Labute approximate surface area is 162 Å². The molecule has 4 nitrogen and oxygen atoms in total. The van der Waals surface area contributed by atoms with E-state index in [2.05, 4.69) is 0 Å². The van der Waals surface area contributed by atoms with Crippen LogP contribution in [0.2, 0.25) is 0 Å². The lowest BCUT2D eigenvalue weighted by atomic mass is 9.90. The average Bonchev–Trinajstić information content (AvgIpc) is 2.96. The van der Waals surface area contributed by atoms with Crippen LogP contribution in [0.4, 0.5) is 24.7 Å². The summed E-state index contributed by atoms with van der Waals surface area (Å²) < 4.78 is 40.0. The minimum Gasteiger partial charge on any atom is -0.288 e. The highest BCUT2D eigenvalue weighted by Crippen LogP contribution is 2.44. The molecule has 1 aliphatic rings. The number of carbonyl (C=O) groups is 1. The van der Waals surface area contributed by atoms with Gasteiger partial charge in [0.15, 0.2) is 0 Å². The molecule has 3 aromatic rings. The normalized spacial score (nSPS) is 16.9. The predicted octanol–water partition coefficient (Wildman–Crippen LogP) is 4.67. The number of para-hydroxylation sites is 1. The van der Waals surface area contributed by atoms with Gasteiger partial charge >= 0.3 is 11.0 Å². The fraction of sp³-hybridized carbons (Fsp3) is 0.200. The number of fused-ring (bicyclic) bond motifs is 1. The Kier molecular flexibility index (Phi) is 4.38. The first kappa shape index (κ1) is 18.5. The van der Waals surface area contributed by atoms with Gasteiger partial charge in [0.25, 0.3) is 0 Å². The molecule has 0 radical (unpaired) electrons. The smallest absolute Gasteiger partial charge is 0.288 e. The number of amides is 1. The molecule has 2 aromatic carbocycles. The number of rotatable bonds is 2. The number of aromatic nitrogens is 1. The van der Waals surface area contributed by atoms with Crippen molar-refractivity contribution in [2.75, 3.05) is 4.90 Å². The van der Waals surface area contributed by atoms with E-state index in [-0.39, 0.29) is 17.2 Å². The third-order valence-corrected chi connectivity index (χ3v) is 5.96. The summed E-state index contributed by atoms with van der Waals surface area (Å²) in [6.45, 7) is 0. The van der Waals surface area contributed by atoms with Crippen molar-refractivity contribution < 1.29 is 18.0 Å². The van der Waals surface area contributed by atoms with Crippen molar-refractivity contribution in [1.29, 1.82) is 0 Å². The van der Waals surface area contributed by atoms with Crippen molar-refractivity contribution in [1.82, 2.24) is 4.57 Å². The van der Waals surface area contributed by atoms with Gasteiger partial charge in [-0.3, -0.25) is 19.1 Å². The molecule has 2 heterocycles. The molecule has 8 heteroatoms. The van der Waals surface area contributed by atoms with Crippen LogP contribution in [0.25, 0.3) is 0 Å². The molecule has 0 bridgehead atoms. The number of nitrogens with zero attached hydrogens (tertiary/aromatic N) is 2. The van der Waals surface area contributed by atoms with E-state index >= 15 is 0 Å². The summed E-state index contributed by atoms with van der Waals surface area (Å²) in [6, 6.07) is 13.8. The summed E-state index contributed by atoms with van der Waals surface area (Å²) in [7, 11) is 1.59. The van der Waals surface area contributed by atoms with E-state index in [9.17, 15) is 22.8 Å². The lowest BCUT2D eigenvalue weighted by Crippen LogP contribution is -2.34. The zero-order valence-corrected chi connectivity index (χ0v) is 15.6. The number of thiazole rings is 1. The average molecular weight is 404 g/mol. The fourth-order valence-corrected chi connectivity index (χ4v) is 4.53. The van der Waals surface area contributed by atoms with Gasteiger partial charge in [-0.05, 0) is 29.8 Å². The second-order valence-electron chi connectivity index (χ2n) is 6.56. The first-order valence-electron chi connectivity index (χ1n) is 8.52. The molecule has 4 rings (SSSR count). The highest BCUT2D eigenvalue weighted by atomic mass is 32.1. The molecule has 1 amide bonds. The van der Waals surface area contributed by atoms with Crippen molar-refractivity contribution in [2.24, 2.45) is 7.05 Å². The molecular weight excluding hydrogens is 389 g/mol. The van der Waals surface area contributed by atoms with Crippen LogP contribution in [0, 0.1) is 0 Å². The monoisotopic (exact) mass is 404 g/mol. The zero-order valence-electron chi connectivity index (χ0n) is 14.7. The maximum absolute atomic E-state index is 13.0. The summed E-state index contributed by atoms with van der Waals surface area (Å²) in [4.78, 5) is 27.3. The molecule has 0 saturated heterocycles. The Morgan fingerprint density at radius 3 is 2.25 bits per heavy atom. The Balaban J connectivity index is 1.82. The van der Waals surface area contributed by atoms with E-state index in [1.807, 2.05) is 6.07 Å².